The Kier molecular flexibility index (Phi) is 2850. The first-order chi connectivity index (χ1) is 4.83. The van der Waals surface area contributed by atoms with E-state index in [1.54, 1.807) is 0 Å². The van der Waals surface area contributed by atoms with E-state index in [1.165, 1.54) is 12.8 Å². The molecule has 0 aromatic rings. The number of rotatable bonds is 0. The van der Waals surface area contributed by atoms with Crippen LogP contribution < -0.4 is 0 Å². The van der Waals surface area contributed by atoms with Crippen molar-refractivity contribution in [1.29, 1.82) is 0 Å². The van der Waals surface area contributed by atoms with Gasteiger partial charge >= 0.3 is 0 Å². The van der Waals surface area contributed by atoms with E-state index < -0.39 is 0 Å². The summed E-state index contributed by atoms with van der Waals surface area (Å²) in [7, 11) is 0. The summed E-state index contributed by atoms with van der Waals surface area (Å²) in [6.07, 6.45) is 2.50. The molecule has 130 valence electrons. The van der Waals surface area contributed by atoms with Gasteiger partial charge in [0.25, 0.3) is 0 Å². The van der Waals surface area contributed by atoms with Crippen molar-refractivity contribution in [1.82, 2.24) is 0 Å². The van der Waals surface area contributed by atoms with Crippen molar-refractivity contribution in [3.05, 3.63) is 29.7 Å². The largest absolute Gasteiger partial charge is 0.358 e. The SMILES string of the molecule is C.C.C.CC.CC.CCC.CCC.[CH3-].[CH3-].[CH3-].[CH3-].[Y].[Y]. The molecule has 0 rings (SSSR count). The molecule has 0 N–H and O–H groups in total. The Morgan fingerprint density at radius 2 is 0.421 bits per heavy atom. The van der Waals surface area contributed by atoms with Crippen LogP contribution in [0.2, 0.25) is 0 Å². The number of hydrogen-bond donors (Lipinski definition) is 0. The van der Waals surface area contributed by atoms with Crippen LogP contribution in [0, 0.1) is 29.7 Å². The second kappa shape index (κ2) is 421. The Morgan fingerprint density at radius 3 is 0.421 bits per heavy atom. The third kappa shape index (κ3) is 1370. The molecule has 0 aromatic carbocycles. The maximum atomic E-state index is 2.12. The van der Waals surface area contributed by atoms with E-state index in [1.807, 2.05) is 27.7 Å². The van der Waals surface area contributed by atoms with Crippen LogP contribution in [0.1, 0.15) is 90.5 Å². The summed E-state index contributed by atoms with van der Waals surface area (Å²) in [6, 6.07) is 0. The smallest absolute Gasteiger partial charge is 0 e. The van der Waals surface area contributed by atoms with Gasteiger partial charge in [0, 0.05) is 65.4 Å². The van der Waals surface area contributed by atoms with Gasteiger partial charge in [-0.15, -0.1) is 0 Å². The van der Waals surface area contributed by atoms with Gasteiger partial charge in [0.05, 0.1) is 0 Å². The predicted molar refractivity (Wildman–Crippen MR) is 100 cm³/mol. The van der Waals surface area contributed by atoms with Crippen LogP contribution in [0.25, 0.3) is 0 Å². The molecule has 0 nitrogen and oxygen atoms in total. The molecule has 0 bridgehead atoms. The first-order valence-corrected chi connectivity index (χ1v) is 4.83. The van der Waals surface area contributed by atoms with Crippen LogP contribution in [0.3, 0.4) is 0 Å². The summed E-state index contributed by atoms with van der Waals surface area (Å²) in [4.78, 5) is 0. The van der Waals surface area contributed by atoms with Gasteiger partial charge in [-0.2, -0.15) is 0 Å². The Hall–Kier alpha value is 2.21. The van der Waals surface area contributed by atoms with Gasteiger partial charge in [-0.25, -0.2) is 0 Å². The van der Waals surface area contributed by atoms with Gasteiger partial charge in [-0.3, -0.25) is 0 Å². The van der Waals surface area contributed by atoms with Crippen molar-refractivity contribution in [2.75, 3.05) is 0 Å². The average molecular weight is 434 g/mol. The molecule has 0 unspecified atom stereocenters. The molecule has 0 amide bonds. The first kappa shape index (κ1) is 129. The fourth-order valence-corrected chi connectivity index (χ4v) is 0. The minimum absolute atomic E-state index is 0. The molecular formula is C17H52Y2-4. The standard InChI is InChI=1S/2C3H8.2C2H6.3CH4.4CH3.2Y/c2*1-3-2;2*1-2;;;;;;;;;/h2*3H2,1-2H3;2*1-2H3;3*1H4;4*1H3;;/q;;;;;;;4*-1;;. The molecule has 0 saturated carbocycles. The third-order valence-corrected chi connectivity index (χ3v) is 0. The molecule has 0 saturated heterocycles. The predicted octanol–water partition coefficient (Wildman–Crippen LogP) is 8.59. The van der Waals surface area contributed by atoms with Crippen LogP contribution in [0.4, 0.5) is 0 Å². The molecular weight excluding hydrogens is 382 g/mol. The molecule has 0 spiro atoms. The Morgan fingerprint density at radius 1 is 0.421 bits per heavy atom. The topological polar surface area (TPSA) is 0 Å². The van der Waals surface area contributed by atoms with Crippen molar-refractivity contribution in [2.45, 2.75) is 90.5 Å². The maximum absolute atomic E-state index is 2.12. The third-order valence-electron chi connectivity index (χ3n) is 0. The molecule has 2 radical (unpaired) electrons. The van der Waals surface area contributed by atoms with Crippen LogP contribution in [-0.4, -0.2) is 0 Å². The molecule has 0 atom stereocenters. The number of hydrogen-bond acceptors (Lipinski definition) is 0. The zero-order valence-electron chi connectivity index (χ0n) is 14.6. The molecule has 19 heavy (non-hydrogen) atoms. The molecule has 2 heteroatoms. The first-order valence-electron chi connectivity index (χ1n) is 4.83. The average Bonchev–Trinajstić information content (AvgIpc) is 1.99. The normalized spacial score (nSPS) is 2.53. The molecule has 0 fully saturated rings. The van der Waals surface area contributed by atoms with E-state index in [0.717, 1.165) is 0 Å². The Labute approximate surface area is 183 Å². The quantitative estimate of drug-likeness (QED) is 0.335. The van der Waals surface area contributed by atoms with Gasteiger partial charge in [0.15, 0.2) is 0 Å². The summed E-state index contributed by atoms with van der Waals surface area (Å²) < 4.78 is 0. The Balaban J connectivity index is -0.00000000201. The minimum Gasteiger partial charge on any atom is -0.358 e. The molecule has 0 aliphatic heterocycles. The zero-order valence-corrected chi connectivity index (χ0v) is 20.2. The van der Waals surface area contributed by atoms with E-state index in [9.17, 15) is 0 Å². The summed E-state index contributed by atoms with van der Waals surface area (Å²) in [5.41, 5.74) is 0. The van der Waals surface area contributed by atoms with Crippen LogP contribution in [0.15, 0.2) is 0 Å². The fraction of sp³-hybridized carbons (Fsp3) is 0.765. The molecule has 0 heterocycles. The second-order valence-electron chi connectivity index (χ2n) is 1.41. The van der Waals surface area contributed by atoms with Gasteiger partial charge in [0.2, 0.25) is 0 Å². The molecule has 0 aliphatic rings. The zero-order chi connectivity index (χ0) is 9.41. The fourth-order valence-electron chi connectivity index (χ4n) is 0. The summed E-state index contributed by atoms with van der Waals surface area (Å²) in [6.45, 7) is 16.5. The Bertz CT molecular complexity index is 11.2. The van der Waals surface area contributed by atoms with Crippen LogP contribution in [-0.2, 0) is 65.4 Å². The maximum Gasteiger partial charge on any atom is 0 e. The monoisotopic (exact) mass is 434 g/mol. The molecule has 0 aromatic heterocycles. The van der Waals surface area contributed by atoms with Gasteiger partial charge in [0.1, 0.15) is 0 Å². The van der Waals surface area contributed by atoms with Gasteiger partial charge in [-0.1, -0.05) is 90.5 Å². The minimum atomic E-state index is 0. The summed E-state index contributed by atoms with van der Waals surface area (Å²) in [5, 5.41) is 0. The van der Waals surface area contributed by atoms with Crippen LogP contribution in [0.5, 0.6) is 0 Å². The van der Waals surface area contributed by atoms with Crippen LogP contribution >= 0.6 is 0 Å². The van der Waals surface area contributed by atoms with E-state index in [-0.39, 0.29) is 117 Å². The van der Waals surface area contributed by atoms with Crippen molar-refractivity contribution < 1.29 is 65.4 Å². The van der Waals surface area contributed by atoms with E-state index in [2.05, 4.69) is 27.7 Å². The summed E-state index contributed by atoms with van der Waals surface area (Å²) in [5.74, 6) is 0. The van der Waals surface area contributed by atoms with Gasteiger partial charge in [-0.05, 0) is 0 Å². The van der Waals surface area contributed by atoms with Crippen molar-refractivity contribution >= 4 is 0 Å². The van der Waals surface area contributed by atoms with Crippen molar-refractivity contribution in [3.8, 4) is 0 Å². The molecule has 0 aliphatic carbocycles. The van der Waals surface area contributed by atoms with E-state index in [0.29, 0.717) is 0 Å². The van der Waals surface area contributed by atoms with E-state index >= 15 is 0 Å². The summed E-state index contributed by atoms with van der Waals surface area (Å²) >= 11 is 0. The van der Waals surface area contributed by atoms with E-state index in [4.69, 9.17) is 0 Å². The second-order valence-corrected chi connectivity index (χ2v) is 1.41. The van der Waals surface area contributed by atoms with Crippen molar-refractivity contribution in [3.63, 3.8) is 0 Å². The van der Waals surface area contributed by atoms with Crippen molar-refractivity contribution in [2.24, 2.45) is 0 Å². The van der Waals surface area contributed by atoms with Gasteiger partial charge < -0.3 is 29.7 Å².